The fourth-order valence-electron chi connectivity index (χ4n) is 2.56. The minimum absolute atomic E-state index is 0.143. The van der Waals surface area contributed by atoms with Crippen molar-refractivity contribution in [3.05, 3.63) is 34.4 Å². The van der Waals surface area contributed by atoms with Gasteiger partial charge in [0.25, 0.3) is 5.69 Å². The van der Waals surface area contributed by atoms with Crippen LogP contribution in [-0.2, 0) is 0 Å². The zero-order chi connectivity index (χ0) is 15.2. The van der Waals surface area contributed by atoms with E-state index < -0.39 is 0 Å². The largest absolute Gasteiger partial charge is 0.375 e. The molecule has 1 fully saturated rings. The zero-order valence-electron chi connectivity index (χ0n) is 12.9. The van der Waals surface area contributed by atoms with Crippen molar-refractivity contribution in [1.82, 2.24) is 9.80 Å². The maximum atomic E-state index is 10.6. The Morgan fingerprint density at radius 3 is 2.38 bits per heavy atom. The van der Waals surface area contributed by atoms with E-state index in [1.807, 2.05) is 19.2 Å². The minimum atomic E-state index is -0.364. The van der Waals surface area contributed by atoms with Crippen molar-refractivity contribution >= 4 is 11.4 Å². The van der Waals surface area contributed by atoms with E-state index in [1.54, 1.807) is 12.1 Å². The molecule has 1 aromatic rings. The van der Waals surface area contributed by atoms with Crippen molar-refractivity contribution in [2.45, 2.75) is 6.42 Å². The van der Waals surface area contributed by atoms with Crippen LogP contribution >= 0.6 is 0 Å². The summed E-state index contributed by atoms with van der Waals surface area (Å²) in [6.07, 6.45) is 1.11. The highest BCUT2D eigenvalue weighted by molar-refractivity contribution is 5.50. The zero-order valence-corrected chi connectivity index (χ0v) is 12.9. The summed E-state index contributed by atoms with van der Waals surface area (Å²) in [4.78, 5) is 17.3. The van der Waals surface area contributed by atoms with Crippen LogP contribution in [0.4, 0.5) is 11.4 Å². The Morgan fingerprint density at radius 1 is 1.19 bits per heavy atom. The molecule has 1 heterocycles. The van der Waals surface area contributed by atoms with Gasteiger partial charge in [-0.1, -0.05) is 0 Å². The number of nitro groups is 1. The highest BCUT2D eigenvalue weighted by Crippen LogP contribution is 2.18. The number of piperazine rings is 1. The van der Waals surface area contributed by atoms with Crippen LogP contribution in [0.5, 0.6) is 0 Å². The highest BCUT2D eigenvalue weighted by Gasteiger charge is 2.13. The molecule has 0 saturated carbocycles. The number of anilines is 1. The normalized spacial score (nSPS) is 16.9. The molecule has 0 amide bonds. The molecule has 1 saturated heterocycles. The van der Waals surface area contributed by atoms with Crippen LogP contribution in [0, 0.1) is 10.1 Å². The molecule has 0 atom stereocenters. The van der Waals surface area contributed by atoms with Gasteiger partial charge < -0.3 is 14.7 Å². The minimum Gasteiger partial charge on any atom is -0.375 e. The van der Waals surface area contributed by atoms with E-state index in [1.165, 1.54) is 0 Å². The third kappa shape index (κ3) is 4.68. The first-order valence-corrected chi connectivity index (χ1v) is 7.43. The summed E-state index contributed by atoms with van der Waals surface area (Å²) in [7, 11) is 4.20. The predicted octanol–water partition coefficient (Wildman–Crippen LogP) is 1.67. The van der Waals surface area contributed by atoms with Gasteiger partial charge in [-0.15, -0.1) is 0 Å². The van der Waals surface area contributed by atoms with Crippen LogP contribution in [0.3, 0.4) is 0 Å². The Hall–Kier alpha value is -1.66. The van der Waals surface area contributed by atoms with E-state index in [0.717, 1.165) is 51.4 Å². The number of nitro benzene ring substituents is 1. The van der Waals surface area contributed by atoms with Crippen LogP contribution in [-0.4, -0.2) is 68.1 Å². The quantitative estimate of drug-likeness (QED) is 0.590. The number of hydrogen-bond donors (Lipinski definition) is 0. The molecule has 21 heavy (non-hydrogen) atoms. The number of likely N-dealkylation sites (N-methyl/N-ethyl adjacent to an activating group) is 1. The molecule has 2 rings (SSSR count). The van der Waals surface area contributed by atoms with Gasteiger partial charge in [-0.05, 0) is 32.1 Å². The van der Waals surface area contributed by atoms with Crippen molar-refractivity contribution in [3.8, 4) is 0 Å². The standard InChI is InChI=1S/C15H24N4O2/c1-16-10-12-18(13-11-16)9-3-8-17(2)14-4-6-15(7-5-14)19(20)21/h4-7H,3,8-13H2,1-2H3. The van der Waals surface area contributed by atoms with Crippen LogP contribution < -0.4 is 4.90 Å². The molecule has 1 aromatic carbocycles. The Kier molecular flexibility index (Phi) is 5.52. The van der Waals surface area contributed by atoms with Crippen LogP contribution in [0.2, 0.25) is 0 Å². The molecule has 6 heteroatoms. The molecular weight excluding hydrogens is 268 g/mol. The van der Waals surface area contributed by atoms with E-state index in [2.05, 4.69) is 21.7 Å². The second-order valence-electron chi connectivity index (χ2n) is 5.69. The lowest BCUT2D eigenvalue weighted by atomic mass is 10.2. The van der Waals surface area contributed by atoms with Gasteiger partial charge in [-0.2, -0.15) is 0 Å². The summed E-state index contributed by atoms with van der Waals surface area (Å²) < 4.78 is 0. The van der Waals surface area contributed by atoms with Crippen molar-refractivity contribution < 1.29 is 4.92 Å². The topological polar surface area (TPSA) is 52.9 Å². The average Bonchev–Trinajstić information content (AvgIpc) is 2.49. The summed E-state index contributed by atoms with van der Waals surface area (Å²) in [6.45, 7) is 6.68. The van der Waals surface area contributed by atoms with Gasteiger partial charge in [0.1, 0.15) is 0 Å². The van der Waals surface area contributed by atoms with Crippen LogP contribution in [0.15, 0.2) is 24.3 Å². The molecule has 1 aliphatic heterocycles. The molecule has 0 unspecified atom stereocenters. The van der Waals surface area contributed by atoms with Gasteiger partial charge in [0.15, 0.2) is 0 Å². The molecule has 0 bridgehead atoms. The maximum Gasteiger partial charge on any atom is 0.269 e. The van der Waals surface area contributed by atoms with E-state index in [4.69, 9.17) is 0 Å². The van der Waals surface area contributed by atoms with Crippen LogP contribution in [0.25, 0.3) is 0 Å². The number of non-ortho nitro benzene ring substituents is 1. The van der Waals surface area contributed by atoms with Gasteiger partial charge in [-0.3, -0.25) is 10.1 Å². The van der Waals surface area contributed by atoms with E-state index in [-0.39, 0.29) is 10.6 Å². The smallest absolute Gasteiger partial charge is 0.269 e. The lowest BCUT2D eigenvalue weighted by Gasteiger charge is -2.32. The Balaban J connectivity index is 1.74. The summed E-state index contributed by atoms with van der Waals surface area (Å²) in [5, 5.41) is 10.6. The molecule has 0 N–H and O–H groups in total. The second kappa shape index (κ2) is 7.38. The van der Waals surface area contributed by atoms with Gasteiger partial charge in [0.05, 0.1) is 4.92 Å². The molecule has 1 aliphatic rings. The van der Waals surface area contributed by atoms with E-state index in [9.17, 15) is 10.1 Å². The predicted molar refractivity (Wildman–Crippen MR) is 84.9 cm³/mol. The van der Waals surface area contributed by atoms with Crippen molar-refractivity contribution in [1.29, 1.82) is 0 Å². The Labute approximate surface area is 126 Å². The van der Waals surface area contributed by atoms with Gasteiger partial charge in [0, 0.05) is 57.6 Å². The first-order chi connectivity index (χ1) is 10.1. The maximum absolute atomic E-state index is 10.6. The van der Waals surface area contributed by atoms with Crippen LogP contribution in [0.1, 0.15) is 6.42 Å². The lowest BCUT2D eigenvalue weighted by Crippen LogP contribution is -2.45. The third-order valence-electron chi connectivity index (χ3n) is 4.07. The number of nitrogens with zero attached hydrogens (tertiary/aromatic N) is 4. The van der Waals surface area contributed by atoms with Gasteiger partial charge in [-0.25, -0.2) is 0 Å². The first-order valence-electron chi connectivity index (χ1n) is 7.43. The molecule has 6 nitrogen and oxygen atoms in total. The summed E-state index contributed by atoms with van der Waals surface area (Å²) >= 11 is 0. The second-order valence-corrected chi connectivity index (χ2v) is 5.69. The summed E-state index contributed by atoms with van der Waals surface area (Å²) in [5.41, 5.74) is 1.17. The molecule has 116 valence electrons. The molecular formula is C15H24N4O2. The fourth-order valence-corrected chi connectivity index (χ4v) is 2.56. The van der Waals surface area contributed by atoms with Gasteiger partial charge >= 0.3 is 0 Å². The molecule has 0 aliphatic carbocycles. The van der Waals surface area contributed by atoms with Gasteiger partial charge in [0.2, 0.25) is 0 Å². The number of hydrogen-bond acceptors (Lipinski definition) is 5. The summed E-state index contributed by atoms with van der Waals surface area (Å²) in [6, 6.07) is 6.75. The van der Waals surface area contributed by atoms with Crippen molar-refractivity contribution in [3.63, 3.8) is 0 Å². The first kappa shape index (κ1) is 15.7. The SMILES string of the molecule is CN1CCN(CCCN(C)c2ccc([N+](=O)[O-])cc2)CC1. The molecule has 0 radical (unpaired) electrons. The highest BCUT2D eigenvalue weighted by atomic mass is 16.6. The monoisotopic (exact) mass is 292 g/mol. The van der Waals surface area contributed by atoms with E-state index in [0.29, 0.717) is 0 Å². The van der Waals surface area contributed by atoms with Crippen molar-refractivity contribution in [2.75, 3.05) is 58.3 Å². The Morgan fingerprint density at radius 2 is 1.81 bits per heavy atom. The third-order valence-corrected chi connectivity index (χ3v) is 4.07. The molecule has 0 spiro atoms. The Bertz CT molecular complexity index is 455. The average molecular weight is 292 g/mol. The number of rotatable bonds is 6. The molecule has 0 aromatic heterocycles. The lowest BCUT2D eigenvalue weighted by molar-refractivity contribution is -0.384. The fraction of sp³-hybridized carbons (Fsp3) is 0.600. The van der Waals surface area contributed by atoms with E-state index >= 15 is 0 Å². The number of benzene rings is 1. The summed E-state index contributed by atoms with van der Waals surface area (Å²) in [5.74, 6) is 0. The van der Waals surface area contributed by atoms with Crippen molar-refractivity contribution in [2.24, 2.45) is 0 Å².